The van der Waals surface area contributed by atoms with Crippen LogP contribution in [0, 0.1) is 0 Å². The molecule has 2 aromatic rings. The van der Waals surface area contributed by atoms with Gasteiger partial charge in [0.15, 0.2) is 0 Å². The van der Waals surface area contributed by atoms with Gasteiger partial charge in [-0.3, -0.25) is 0 Å². The molecule has 72 valence electrons. The number of aliphatic hydroxyl groups is 1. The zero-order chi connectivity index (χ0) is 9.97. The number of imidazole rings is 1. The van der Waals surface area contributed by atoms with Crippen LogP contribution in [0.5, 0.6) is 0 Å². The second-order valence-electron chi connectivity index (χ2n) is 2.90. The first-order chi connectivity index (χ1) is 6.81. The normalized spacial score (nSPS) is 10.4. The minimum Gasteiger partial charge on any atom is -0.392 e. The maximum absolute atomic E-state index is 9.13. The van der Waals surface area contributed by atoms with Crippen molar-refractivity contribution in [2.75, 3.05) is 0 Å². The lowest BCUT2D eigenvalue weighted by Gasteiger charge is -2.07. The van der Waals surface area contributed by atoms with Crippen LogP contribution in [-0.2, 0) is 6.61 Å². The Bertz CT molecular complexity index is 426. The van der Waals surface area contributed by atoms with Crippen molar-refractivity contribution in [2.24, 2.45) is 0 Å². The monoisotopic (exact) mass is 208 g/mol. The van der Waals surface area contributed by atoms with Gasteiger partial charge in [-0.2, -0.15) is 0 Å². The molecular weight excluding hydrogens is 200 g/mol. The topological polar surface area (TPSA) is 38.0 Å². The van der Waals surface area contributed by atoms with Gasteiger partial charge in [0.25, 0.3) is 0 Å². The van der Waals surface area contributed by atoms with Crippen LogP contribution in [0.15, 0.2) is 36.9 Å². The van der Waals surface area contributed by atoms with Gasteiger partial charge in [0.1, 0.15) is 0 Å². The Morgan fingerprint density at radius 1 is 1.43 bits per heavy atom. The van der Waals surface area contributed by atoms with Gasteiger partial charge in [-0.15, -0.1) is 0 Å². The van der Waals surface area contributed by atoms with E-state index in [4.69, 9.17) is 16.7 Å². The Morgan fingerprint density at radius 3 is 2.93 bits per heavy atom. The average Bonchev–Trinajstić information content (AvgIpc) is 2.70. The maximum atomic E-state index is 9.13. The summed E-state index contributed by atoms with van der Waals surface area (Å²) in [7, 11) is 0. The summed E-state index contributed by atoms with van der Waals surface area (Å²) in [4.78, 5) is 3.94. The van der Waals surface area contributed by atoms with Crippen LogP contribution in [0.2, 0.25) is 5.02 Å². The predicted molar refractivity (Wildman–Crippen MR) is 54.5 cm³/mol. The van der Waals surface area contributed by atoms with Gasteiger partial charge in [0, 0.05) is 23.0 Å². The van der Waals surface area contributed by atoms with Crippen molar-refractivity contribution in [3.8, 4) is 5.69 Å². The summed E-state index contributed by atoms with van der Waals surface area (Å²) in [5.41, 5.74) is 1.69. The molecule has 0 aliphatic heterocycles. The van der Waals surface area contributed by atoms with E-state index in [1.54, 1.807) is 30.7 Å². The highest BCUT2D eigenvalue weighted by atomic mass is 35.5. The summed E-state index contributed by atoms with van der Waals surface area (Å²) in [6.07, 6.45) is 5.16. The lowest BCUT2D eigenvalue weighted by molar-refractivity contribution is 0.281. The quantitative estimate of drug-likeness (QED) is 0.820. The van der Waals surface area contributed by atoms with Crippen molar-refractivity contribution < 1.29 is 5.11 Å². The molecule has 0 fully saturated rings. The Labute approximate surface area is 86.6 Å². The van der Waals surface area contributed by atoms with Crippen LogP contribution in [0.4, 0.5) is 0 Å². The van der Waals surface area contributed by atoms with Gasteiger partial charge >= 0.3 is 0 Å². The van der Waals surface area contributed by atoms with E-state index in [9.17, 15) is 0 Å². The lowest BCUT2D eigenvalue weighted by atomic mass is 10.2. The Balaban J connectivity index is 2.55. The van der Waals surface area contributed by atoms with Crippen molar-refractivity contribution >= 4 is 11.6 Å². The predicted octanol–water partition coefficient (Wildman–Crippen LogP) is 2.02. The highest BCUT2D eigenvalue weighted by Crippen LogP contribution is 2.19. The van der Waals surface area contributed by atoms with Gasteiger partial charge in [-0.25, -0.2) is 4.98 Å². The van der Waals surface area contributed by atoms with E-state index in [0.29, 0.717) is 5.02 Å². The average molecular weight is 209 g/mol. The zero-order valence-electron chi connectivity index (χ0n) is 7.39. The zero-order valence-corrected chi connectivity index (χ0v) is 8.15. The molecule has 1 N–H and O–H groups in total. The Kier molecular flexibility index (Phi) is 2.52. The molecule has 0 saturated carbocycles. The first-order valence-corrected chi connectivity index (χ1v) is 4.56. The molecule has 0 saturated heterocycles. The van der Waals surface area contributed by atoms with E-state index in [2.05, 4.69) is 4.98 Å². The third-order valence-electron chi connectivity index (χ3n) is 2.00. The van der Waals surface area contributed by atoms with Gasteiger partial charge in [-0.1, -0.05) is 17.7 Å². The summed E-state index contributed by atoms with van der Waals surface area (Å²) in [5.74, 6) is 0. The van der Waals surface area contributed by atoms with Crippen molar-refractivity contribution in [1.82, 2.24) is 9.55 Å². The van der Waals surface area contributed by atoms with Crippen LogP contribution in [-0.4, -0.2) is 14.7 Å². The minimum atomic E-state index is -0.00924. The molecule has 0 aliphatic rings. The Morgan fingerprint density at radius 2 is 2.29 bits per heavy atom. The first kappa shape index (κ1) is 9.24. The van der Waals surface area contributed by atoms with Gasteiger partial charge in [0.05, 0.1) is 18.6 Å². The van der Waals surface area contributed by atoms with E-state index in [1.165, 1.54) is 0 Å². The van der Waals surface area contributed by atoms with E-state index in [1.807, 2.05) is 10.8 Å². The SMILES string of the molecule is OCc1ccc(Cl)cc1-n1ccnc1. The van der Waals surface area contributed by atoms with Gasteiger partial charge in [-0.05, 0) is 12.1 Å². The lowest BCUT2D eigenvalue weighted by Crippen LogP contribution is -1.97. The molecule has 14 heavy (non-hydrogen) atoms. The number of halogens is 1. The van der Waals surface area contributed by atoms with E-state index in [0.717, 1.165) is 11.3 Å². The summed E-state index contributed by atoms with van der Waals surface area (Å²) < 4.78 is 1.82. The molecule has 2 rings (SSSR count). The minimum absolute atomic E-state index is 0.00924. The fourth-order valence-electron chi connectivity index (χ4n) is 1.31. The van der Waals surface area contributed by atoms with Crippen LogP contribution < -0.4 is 0 Å². The van der Waals surface area contributed by atoms with Gasteiger partial charge < -0.3 is 9.67 Å². The van der Waals surface area contributed by atoms with Crippen LogP contribution >= 0.6 is 11.6 Å². The molecule has 0 unspecified atom stereocenters. The Hall–Kier alpha value is -1.32. The molecule has 1 aromatic heterocycles. The fraction of sp³-hybridized carbons (Fsp3) is 0.100. The molecule has 4 heteroatoms. The van der Waals surface area contributed by atoms with Crippen LogP contribution in [0.3, 0.4) is 0 Å². The summed E-state index contributed by atoms with van der Waals surface area (Å²) in [6.45, 7) is -0.00924. The molecule has 1 heterocycles. The van der Waals surface area contributed by atoms with E-state index < -0.39 is 0 Å². The second kappa shape index (κ2) is 3.82. The third kappa shape index (κ3) is 1.64. The number of hydrogen-bond acceptors (Lipinski definition) is 2. The number of benzene rings is 1. The van der Waals surface area contributed by atoms with Crippen LogP contribution in [0.1, 0.15) is 5.56 Å². The standard InChI is InChI=1S/C10H9ClN2O/c11-9-2-1-8(6-14)10(5-9)13-4-3-12-7-13/h1-5,7,14H,6H2. The third-order valence-corrected chi connectivity index (χ3v) is 2.24. The number of aliphatic hydroxyl groups excluding tert-OH is 1. The molecule has 0 radical (unpaired) electrons. The van der Waals surface area contributed by atoms with E-state index in [-0.39, 0.29) is 6.61 Å². The number of rotatable bonds is 2. The molecule has 3 nitrogen and oxygen atoms in total. The molecule has 0 aliphatic carbocycles. The molecule has 0 spiro atoms. The maximum Gasteiger partial charge on any atom is 0.0991 e. The van der Waals surface area contributed by atoms with Crippen molar-refractivity contribution in [3.63, 3.8) is 0 Å². The molecule has 0 bridgehead atoms. The first-order valence-electron chi connectivity index (χ1n) is 4.19. The number of nitrogens with zero attached hydrogens (tertiary/aromatic N) is 2. The van der Waals surface area contributed by atoms with Crippen LogP contribution in [0.25, 0.3) is 5.69 Å². The summed E-state index contributed by atoms with van der Waals surface area (Å²) in [6, 6.07) is 5.36. The number of hydrogen-bond donors (Lipinski definition) is 1. The van der Waals surface area contributed by atoms with Crippen molar-refractivity contribution in [3.05, 3.63) is 47.5 Å². The summed E-state index contributed by atoms with van der Waals surface area (Å²) >= 11 is 5.88. The van der Waals surface area contributed by atoms with E-state index >= 15 is 0 Å². The summed E-state index contributed by atoms with van der Waals surface area (Å²) in [5, 5.41) is 9.78. The molecule has 1 aromatic carbocycles. The number of aromatic nitrogens is 2. The second-order valence-corrected chi connectivity index (χ2v) is 3.34. The largest absolute Gasteiger partial charge is 0.392 e. The molecule has 0 amide bonds. The highest BCUT2D eigenvalue weighted by Gasteiger charge is 2.03. The van der Waals surface area contributed by atoms with Gasteiger partial charge in [0.2, 0.25) is 0 Å². The molecular formula is C10H9ClN2O. The van der Waals surface area contributed by atoms with Crippen molar-refractivity contribution in [1.29, 1.82) is 0 Å². The molecule has 0 atom stereocenters. The highest BCUT2D eigenvalue weighted by molar-refractivity contribution is 6.30. The fourth-order valence-corrected chi connectivity index (χ4v) is 1.48. The van der Waals surface area contributed by atoms with Crippen molar-refractivity contribution in [2.45, 2.75) is 6.61 Å². The smallest absolute Gasteiger partial charge is 0.0991 e.